The van der Waals surface area contributed by atoms with Gasteiger partial charge in [-0.15, -0.1) is 0 Å². The van der Waals surface area contributed by atoms with Crippen molar-refractivity contribution in [3.05, 3.63) is 131 Å². The molecule has 0 amide bonds. The number of carbonyl (C=O) groups excluding carboxylic acids is 3. The van der Waals surface area contributed by atoms with E-state index in [4.69, 9.17) is 9.47 Å². The number of carbonyl (C=O) groups is 3. The van der Waals surface area contributed by atoms with Crippen molar-refractivity contribution in [2.45, 2.75) is 18.0 Å². The van der Waals surface area contributed by atoms with Crippen molar-refractivity contribution < 1.29 is 23.9 Å². The summed E-state index contributed by atoms with van der Waals surface area (Å²) < 4.78 is 11.0. The second-order valence-corrected chi connectivity index (χ2v) is 10.6. The lowest BCUT2D eigenvalue weighted by molar-refractivity contribution is 0.0665. The third-order valence-electron chi connectivity index (χ3n) is 8.79. The number of hydrogen-bond donors (Lipinski definition) is 0. The van der Waals surface area contributed by atoms with Crippen molar-refractivity contribution in [3.63, 3.8) is 0 Å². The van der Waals surface area contributed by atoms with Crippen LogP contribution in [0.1, 0.15) is 48.1 Å². The van der Waals surface area contributed by atoms with Gasteiger partial charge in [0, 0.05) is 28.3 Å². The minimum absolute atomic E-state index is 0.194. The highest BCUT2D eigenvalue weighted by atomic mass is 16.5. The number of ketones is 3. The van der Waals surface area contributed by atoms with Gasteiger partial charge in [0.25, 0.3) is 0 Å². The van der Waals surface area contributed by atoms with Gasteiger partial charge >= 0.3 is 0 Å². The highest BCUT2D eigenvalue weighted by Crippen LogP contribution is 2.61. The van der Waals surface area contributed by atoms with Crippen LogP contribution in [0.15, 0.2) is 103 Å². The molecule has 0 radical (unpaired) electrons. The van der Waals surface area contributed by atoms with Gasteiger partial charge in [0.2, 0.25) is 0 Å². The van der Waals surface area contributed by atoms with E-state index in [0.717, 1.165) is 11.3 Å². The monoisotopic (exact) mass is 541 g/mol. The molecule has 2 aliphatic heterocycles. The Morgan fingerprint density at radius 3 is 2.10 bits per heavy atom. The fourth-order valence-electron chi connectivity index (χ4n) is 7.07. The van der Waals surface area contributed by atoms with Crippen LogP contribution in [0.2, 0.25) is 0 Å². The quantitative estimate of drug-likeness (QED) is 0.227. The number of methoxy groups -OCH3 is 2. The summed E-state index contributed by atoms with van der Waals surface area (Å²) in [7, 11) is 3.13. The average molecular weight is 542 g/mol. The average Bonchev–Trinajstić information content (AvgIpc) is 3.47. The molecule has 1 spiro atoms. The number of rotatable bonds is 5. The SMILES string of the molecule is COc1cccc(C(=O)[C@H]2[C@H](c3cccc(OC)c3)C3(C(=O)c4ccccc4C3=O)[C@@H]3C=Cc4ccccc4N32)c1. The second kappa shape index (κ2) is 9.30. The van der Waals surface area contributed by atoms with Crippen LogP contribution in [0, 0.1) is 5.41 Å². The molecule has 4 aromatic rings. The number of benzene rings is 4. The Labute approximate surface area is 237 Å². The van der Waals surface area contributed by atoms with E-state index in [1.165, 1.54) is 0 Å². The van der Waals surface area contributed by atoms with Gasteiger partial charge in [0.05, 0.1) is 20.3 Å². The number of anilines is 1. The fourth-order valence-corrected chi connectivity index (χ4v) is 7.07. The Morgan fingerprint density at radius 2 is 1.39 bits per heavy atom. The van der Waals surface area contributed by atoms with Crippen LogP contribution in [-0.4, -0.2) is 43.7 Å². The van der Waals surface area contributed by atoms with Crippen molar-refractivity contribution >= 4 is 29.1 Å². The Balaban J connectivity index is 1.55. The lowest BCUT2D eigenvalue weighted by Gasteiger charge is -2.37. The van der Waals surface area contributed by atoms with Gasteiger partial charge in [-0.3, -0.25) is 14.4 Å². The summed E-state index contributed by atoms with van der Waals surface area (Å²) in [6.45, 7) is 0. The lowest BCUT2D eigenvalue weighted by Crippen LogP contribution is -2.48. The topological polar surface area (TPSA) is 72.9 Å². The standard InChI is InChI=1S/C35H27NO5/c1-40-24-12-7-10-22(19-24)30-31(32(37)23-11-8-13-25(20-23)41-2)36-28-16-6-3-9-21(28)17-18-29(36)35(30)33(38)26-14-4-5-15-27(26)34(35)39/h3-20,29-31H,1-2H3/t29-,30-,31+/m0/s1. The molecule has 202 valence electrons. The Morgan fingerprint density at radius 1 is 0.756 bits per heavy atom. The van der Waals surface area contributed by atoms with E-state index >= 15 is 0 Å². The van der Waals surface area contributed by atoms with Gasteiger partial charge in [0.15, 0.2) is 17.3 Å². The van der Waals surface area contributed by atoms with Crippen molar-refractivity contribution in [3.8, 4) is 11.5 Å². The summed E-state index contributed by atoms with van der Waals surface area (Å²) in [6, 6.07) is 27.7. The minimum atomic E-state index is -1.56. The molecule has 41 heavy (non-hydrogen) atoms. The number of Topliss-reactive ketones (excluding diaryl/α,β-unsaturated/α-hetero) is 3. The normalized spacial score (nSPS) is 21.4. The van der Waals surface area contributed by atoms with Crippen molar-refractivity contribution in [1.82, 2.24) is 0 Å². The Hall–Kier alpha value is -4.97. The molecule has 3 aliphatic rings. The van der Waals surface area contributed by atoms with Crippen molar-refractivity contribution in [2.75, 3.05) is 19.1 Å². The third kappa shape index (κ3) is 3.40. The fraction of sp³-hybridized carbons (Fsp3) is 0.171. The van der Waals surface area contributed by atoms with E-state index in [-0.39, 0.29) is 17.3 Å². The van der Waals surface area contributed by atoms with Gasteiger partial charge < -0.3 is 14.4 Å². The van der Waals surface area contributed by atoms with Crippen molar-refractivity contribution in [2.24, 2.45) is 5.41 Å². The van der Waals surface area contributed by atoms with Crippen LogP contribution in [0.5, 0.6) is 11.5 Å². The molecule has 0 unspecified atom stereocenters. The van der Waals surface area contributed by atoms with Gasteiger partial charge in [0.1, 0.15) is 23.0 Å². The zero-order valence-electron chi connectivity index (χ0n) is 22.6. The van der Waals surface area contributed by atoms with E-state index in [1.807, 2.05) is 65.6 Å². The van der Waals surface area contributed by atoms with Gasteiger partial charge in [-0.05, 0) is 41.5 Å². The van der Waals surface area contributed by atoms with Crippen LogP contribution in [0.3, 0.4) is 0 Å². The lowest BCUT2D eigenvalue weighted by atomic mass is 9.64. The molecule has 2 heterocycles. The number of fused-ring (bicyclic) bond motifs is 5. The summed E-state index contributed by atoms with van der Waals surface area (Å²) >= 11 is 0. The predicted octanol–water partition coefficient (Wildman–Crippen LogP) is 6.02. The maximum absolute atomic E-state index is 14.8. The zero-order valence-corrected chi connectivity index (χ0v) is 22.6. The second-order valence-electron chi connectivity index (χ2n) is 10.6. The van der Waals surface area contributed by atoms with E-state index in [1.54, 1.807) is 62.8 Å². The molecule has 0 bridgehead atoms. The number of nitrogens with zero attached hydrogens (tertiary/aromatic N) is 1. The first-order chi connectivity index (χ1) is 20.0. The van der Waals surface area contributed by atoms with Crippen LogP contribution in [0.4, 0.5) is 5.69 Å². The van der Waals surface area contributed by atoms with E-state index in [2.05, 4.69) is 0 Å². The molecule has 7 rings (SSSR count). The van der Waals surface area contributed by atoms with Crippen LogP contribution in [-0.2, 0) is 0 Å². The van der Waals surface area contributed by atoms with Gasteiger partial charge in [-0.25, -0.2) is 0 Å². The molecule has 0 N–H and O–H groups in total. The molecule has 6 nitrogen and oxygen atoms in total. The first-order valence-corrected chi connectivity index (χ1v) is 13.6. The van der Waals surface area contributed by atoms with E-state index in [9.17, 15) is 14.4 Å². The molecule has 3 atom stereocenters. The van der Waals surface area contributed by atoms with Crippen LogP contribution in [0.25, 0.3) is 6.08 Å². The Bertz CT molecular complexity index is 1740. The molecule has 1 saturated heterocycles. The molecule has 4 aromatic carbocycles. The van der Waals surface area contributed by atoms with Crippen LogP contribution >= 0.6 is 0 Å². The molecule has 0 aromatic heterocycles. The number of hydrogen-bond acceptors (Lipinski definition) is 6. The summed E-state index contributed by atoms with van der Waals surface area (Å²) in [5.41, 5.74) is 2.10. The first-order valence-electron chi connectivity index (χ1n) is 13.6. The summed E-state index contributed by atoms with van der Waals surface area (Å²) in [5.74, 6) is -0.375. The first kappa shape index (κ1) is 25.0. The van der Waals surface area contributed by atoms with Gasteiger partial charge in [-0.2, -0.15) is 0 Å². The molecular weight excluding hydrogens is 514 g/mol. The van der Waals surface area contributed by atoms with Crippen LogP contribution < -0.4 is 14.4 Å². The van der Waals surface area contributed by atoms with E-state index in [0.29, 0.717) is 33.8 Å². The highest BCUT2D eigenvalue weighted by molar-refractivity contribution is 6.32. The van der Waals surface area contributed by atoms with E-state index < -0.39 is 23.4 Å². The third-order valence-corrected chi connectivity index (χ3v) is 8.79. The molecule has 0 saturated carbocycles. The number of para-hydroxylation sites is 1. The molecule has 1 fully saturated rings. The minimum Gasteiger partial charge on any atom is -0.497 e. The van der Waals surface area contributed by atoms with Crippen molar-refractivity contribution in [1.29, 1.82) is 0 Å². The molecule has 6 heteroatoms. The maximum Gasteiger partial charge on any atom is 0.186 e. The number of ether oxygens (including phenoxy) is 2. The highest BCUT2D eigenvalue weighted by Gasteiger charge is 2.71. The largest absolute Gasteiger partial charge is 0.497 e. The summed E-state index contributed by atoms with van der Waals surface area (Å²) in [6.07, 6.45) is 3.89. The molecular formula is C35H27NO5. The summed E-state index contributed by atoms with van der Waals surface area (Å²) in [5, 5.41) is 0. The smallest absolute Gasteiger partial charge is 0.186 e. The molecule has 1 aliphatic carbocycles. The predicted molar refractivity (Wildman–Crippen MR) is 156 cm³/mol. The maximum atomic E-state index is 14.8. The Kier molecular flexibility index (Phi) is 5.68. The van der Waals surface area contributed by atoms with Gasteiger partial charge in [-0.1, -0.05) is 78.9 Å². The zero-order chi connectivity index (χ0) is 28.3. The summed E-state index contributed by atoms with van der Waals surface area (Å²) in [4.78, 5) is 46.2.